The maximum Gasteiger partial charge on any atom is 0.410 e. The third kappa shape index (κ3) is 6.13. The number of aryl methyl sites for hydroxylation is 1. The van der Waals surface area contributed by atoms with Crippen molar-refractivity contribution in [2.24, 2.45) is 0 Å². The Balaban J connectivity index is 1.36. The second kappa shape index (κ2) is 11.1. The molecule has 0 spiro atoms. The second-order valence-electron chi connectivity index (χ2n) is 11.3. The molecule has 0 radical (unpaired) electrons. The zero-order chi connectivity index (χ0) is 29.3. The number of fused-ring (bicyclic) bond motifs is 1. The summed E-state index contributed by atoms with van der Waals surface area (Å²) in [5.41, 5.74) is 9.34. The normalized spacial score (nSPS) is 15.6. The molecule has 1 atom stereocenters. The van der Waals surface area contributed by atoms with Crippen molar-refractivity contribution in [2.75, 3.05) is 18.8 Å². The first-order chi connectivity index (χ1) is 19.5. The minimum atomic E-state index is -0.580. The van der Waals surface area contributed by atoms with E-state index in [4.69, 9.17) is 15.6 Å². The van der Waals surface area contributed by atoms with Crippen LogP contribution in [0.25, 0.3) is 22.3 Å². The highest BCUT2D eigenvalue weighted by Gasteiger charge is 2.31. The molecule has 4 aromatic rings. The quantitative estimate of drug-likeness (QED) is 0.351. The Labute approximate surface area is 237 Å². The molecule has 1 fully saturated rings. The fraction of sp³-hybridized carbons (Fsp3) is 0.367. The van der Waals surface area contributed by atoms with Gasteiger partial charge in [0, 0.05) is 25.2 Å². The van der Waals surface area contributed by atoms with Gasteiger partial charge in [0.15, 0.2) is 5.65 Å². The van der Waals surface area contributed by atoms with Gasteiger partial charge in [0.05, 0.1) is 17.0 Å². The van der Waals surface area contributed by atoms with E-state index in [-0.39, 0.29) is 24.2 Å². The molecule has 0 aliphatic carbocycles. The van der Waals surface area contributed by atoms with Crippen molar-refractivity contribution in [2.45, 2.75) is 58.7 Å². The number of nitrogens with one attached hydrogen (secondary N) is 1. The lowest BCUT2D eigenvalue weighted by Crippen LogP contribution is -2.43. The molecule has 1 aliphatic heterocycles. The van der Waals surface area contributed by atoms with E-state index >= 15 is 0 Å². The Morgan fingerprint density at radius 2 is 1.90 bits per heavy atom. The predicted octanol–water partition coefficient (Wildman–Crippen LogP) is 5.03. The summed E-state index contributed by atoms with van der Waals surface area (Å²) < 4.78 is 21.6. The fourth-order valence-electron chi connectivity index (χ4n) is 4.96. The maximum absolute atomic E-state index is 14.2. The summed E-state index contributed by atoms with van der Waals surface area (Å²) in [6.45, 7) is 8.60. The van der Waals surface area contributed by atoms with Crippen molar-refractivity contribution in [3.05, 3.63) is 71.3 Å². The van der Waals surface area contributed by atoms with Crippen molar-refractivity contribution in [1.29, 1.82) is 0 Å². The second-order valence-corrected chi connectivity index (χ2v) is 11.3. The van der Waals surface area contributed by atoms with Gasteiger partial charge in [-0.15, -0.1) is 0 Å². The molecule has 2 aromatic carbocycles. The fourth-order valence-corrected chi connectivity index (χ4v) is 4.96. The molecule has 11 heteroatoms. The van der Waals surface area contributed by atoms with Gasteiger partial charge in [-0.25, -0.2) is 23.8 Å². The molecule has 214 valence electrons. The Kier molecular flexibility index (Phi) is 7.61. The van der Waals surface area contributed by atoms with Gasteiger partial charge in [-0.05, 0) is 63.8 Å². The van der Waals surface area contributed by atoms with E-state index < -0.39 is 17.3 Å². The number of hydrogen-bond acceptors (Lipinski definition) is 7. The van der Waals surface area contributed by atoms with Crippen LogP contribution < -0.4 is 11.1 Å². The SMILES string of the molecule is Cc1ccc(C(=O)NCc2ccc(-c3nn([C@@H]4CCCN(C(=O)OC(C)(C)C)C4)c4ncnc(N)c34)cc2)c(F)c1. The zero-order valence-electron chi connectivity index (χ0n) is 23.6. The molecule has 2 amide bonds. The first kappa shape index (κ1) is 28.0. The summed E-state index contributed by atoms with van der Waals surface area (Å²) in [6.07, 6.45) is 2.69. The monoisotopic (exact) mass is 559 g/mol. The Morgan fingerprint density at radius 1 is 1.15 bits per heavy atom. The number of rotatable bonds is 5. The largest absolute Gasteiger partial charge is 0.444 e. The predicted molar refractivity (Wildman–Crippen MR) is 154 cm³/mol. The lowest BCUT2D eigenvalue weighted by Gasteiger charge is -2.34. The number of piperidine rings is 1. The molecular weight excluding hydrogens is 525 g/mol. The van der Waals surface area contributed by atoms with Crippen molar-refractivity contribution >= 4 is 28.9 Å². The number of carbonyl (C=O) groups is 2. The molecule has 1 aliphatic rings. The molecule has 10 nitrogen and oxygen atoms in total. The molecule has 3 heterocycles. The number of nitrogens with zero attached hydrogens (tertiary/aromatic N) is 5. The number of amides is 2. The Morgan fingerprint density at radius 3 is 2.61 bits per heavy atom. The van der Waals surface area contributed by atoms with E-state index in [2.05, 4.69) is 15.3 Å². The van der Waals surface area contributed by atoms with Crippen LogP contribution in [0.5, 0.6) is 0 Å². The number of nitrogen functional groups attached to an aromatic ring is 1. The number of anilines is 1. The molecule has 41 heavy (non-hydrogen) atoms. The summed E-state index contributed by atoms with van der Waals surface area (Å²) in [5, 5.41) is 8.32. The standard InChI is InChI=1S/C30H34FN7O3/c1-18-7-12-22(23(31)14-18)28(39)33-15-19-8-10-20(11-9-19)25-24-26(32)34-17-35-27(24)38(36-25)21-6-5-13-37(16-21)29(40)41-30(2,3)4/h7-12,14,17,21H,5-6,13,15-16H2,1-4H3,(H,33,39)(H2,32,34,35)/t21-/m1/s1. The molecular formula is C30H34FN7O3. The number of likely N-dealkylation sites (tertiary alicyclic amines) is 1. The van der Waals surface area contributed by atoms with Crippen LogP contribution >= 0.6 is 0 Å². The van der Waals surface area contributed by atoms with Gasteiger partial charge in [0.25, 0.3) is 5.91 Å². The molecule has 2 aromatic heterocycles. The third-order valence-corrected chi connectivity index (χ3v) is 6.96. The van der Waals surface area contributed by atoms with Crippen molar-refractivity contribution in [3.63, 3.8) is 0 Å². The molecule has 5 rings (SSSR count). The van der Waals surface area contributed by atoms with Crippen molar-refractivity contribution in [3.8, 4) is 11.3 Å². The highest BCUT2D eigenvalue weighted by Crippen LogP contribution is 2.34. The summed E-state index contributed by atoms with van der Waals surface area (Å²) >= 11 is 0. The smallest absolute Gasteiger partial charge is 0.410 e. The van der Waals surface area contributed by atoms with Crippen LogP contribution in [0, 0.1) is 12.7 Å². The number of benzene rings is 2. The van der Waals surface area contributed by atoms with Gasteiger partial charge in [0.1, 0.15) is 29.3 Å². The van der Waals surface area contributed by atoms with Crippen molar-refractivity contribution < 1.29 is 18.7 Å². The molecule has 0 saturated carbocycles. The number of nitrogens with two attached hydrogens (primary N) is 1. The van der Waals surface area contributed by atoms with E-state index in [0.29, 0.717) is 35.6 Å². The average Bonchev–Trinajstić information content (AvgIpc) is 3.32. The van der Waals surface area contributed by atoms with Gasteiger partial charge >= 0.3 is 6.09 Å². The van der Waals surface area contributed by atoms with Crippen LogP contribution in [0.15, 0.2) is 48.8 Å². The first-order valence-electron chi connectivity index (χ1n) is 13.6. The number of hydrogen-bond donors (Lipinski definition) is 2. The lowest BCUT2D eigenvalue weighted by molar-refractivity contribution is 0.0169. The average molecular weight is 560 g/mol. The Bertz CT molecular complexity index is 1590. The highest BCUT2D eigenvalue weighted by atomic mass is 19.1. The van der Waals surface area contributed by atoms with Crippen LogP contribution in [0.2, 0.25) is 0 Å². The van der Waals surface area contributed by atoms with E-state index in [1.165, 1.54) is 18.5 Å². The maximum atomic E-state index is 14.2. The molecule has 0 bridgehead atoms. The van der Waals surface area contributed by atoms with E-state index in [0.717, 1.165) is 29.5 Å². The van der Waals surface area contributed by atoms with Crippen LogP contribution in [0.4, 0.5) is 15.0 Å². The van der Waals surface area contributed by atoms with Gasteiger partial charge in [-0.2, -0.15) is 5.10 Å². The van der Waals surface area contributed by atoms with Crippen LogP contribution in [-0.2, 0) is 11.3 Å². The number of halogens is 1. The van der Waals surface area contributed by atoms with Crippen LogP contribution in [0.3, 0.4) is 0 Å². The molecule has 3 N–H and O–H groups in total. The van der Waals surface area contributed by atoms with Crippen LogP contribution in [0.1, 0.15) is 61.1 Å². The van der Waals surface area contributed by atoms with E-state index in [1.807, 2.05) is 49.7 Å². The van der Waals surface area contributed by atoms with E-state index in [9.17, 15) is 14.0 Å². The zero-order valence-corrected chi connectivity index (χ0v) is 23.6. The Hall–Kier alpha value is -4.54. The summed E-state index contributed by atoms with van der Waals surface area (Å²) in [7, 11) is 0. The van der Waals surface area contributed by atoms with Gasteiger partial charge in [-0.1, -0.05) is 30.3 Å². The minimum absolute atomic E-state index is 0.00709. The van der Waals surface area contributed by atoms with Crippen LogP contribution in [-0.4, -0.2) is 55.3 Å². The number of carbonyl (C=O) groups excluding carboxylic acids is 2. The summed E-state index contributed by atoms with van der Waals surface area (Å²) in [5.74, 6) is -0.714. The number of ether oxygens (including phenoxy) is 1. The van der Waals surface area contributed by atoms with Gasteiger partial charge < -0.3 is 20.7 Å². The summed E-state index contributed by atoms with van der Waals surface area (Å²) in [4.78, 5) is 35.6. The molecule has 1 saturated heterocycles. The third-order valence-electron chi connectivity index (χ3n) is 6.96. The molecule has 0 unspecified atom stereocenters. The minimum Gasteiger partial charge on any atom is -0.444 e. The van der Waals surface area contributed by atoms with E-state index in [1.54, 1.807) is 17.9 Å². The van der Waals surface area contributed by atoms with Crippen molar-refractivity contribution in [1.82, 2.24) is 30.0 Å². The first-order valence-corrected chi connectivity index (χ1v) is 13.6. The van der Waals surface area contributed by atoms with Gasteiger partial charge in [-0.3, -0.25) is 4.79 Å². The van der Waals surface area contributed by atoms with Gasteiger partial charge in [0.2, 0.25) is 0 Å². The topological polar surface area (TPSA) is 128 Å². The lowest BCUT2D eigenvalue weighted by atomic mass is 10.1. The number of aromatic nitrogens is 4. The summed E-state index contributed by atoms with van der Waals surface area (Å²) in [6, 6.07) is 11.9. The highest BCUT2D eigenvalue weighted by molar-refractivity contribution is 5.98.